The quantitative estimate of drug-likeness (QED) is 0.346. The van der Waals surface area contributed by atoms with Gasteiger partial charge in [-0.3, -0.25) is 14.8 Å². The summed E-state index contributed by atoms with van der Waals surface area (Å²) in [5.41, 5.74) is 0.565. The predicted octanol–water partition coefficient (Wildman–Crippen LogP) is 6.08. The van der Waals surface area contributed by atoms with Crippen molar-refractivity contribution in [3.8, 4) is 11.5 Å². The third kappa shape index (κ3) is 7.89. The highest BCUT2D eigenvalue weighted by Gasteiger charge is 2.34. The molecule has 0 saturated carbocycles. The molecule has 41 heavy (non-hydrogen) atoms. The van der Waals surface area contributed by atoms with Crippen LogP contribution >= 0.6 is 0 Å². The number of piperidine rings is 1. The standard InChI is InChI=1S/C28H31F4N5O4/c1-27(2,3)23-16-24(36(4)35-23)34-26(39)33-18-13-17(29)14-20(15-18)40-19-9-11-37(12-10-19)25(38)21-7-5-6-8-22(21)41-28(30,31)32/h5-8,13-16,19H,9-12H2,1-4H3,(H2,33,34,39). The van der Waals surface area contributed by atoms with Gasteiger partial charge in [-0.05, 0) is 18.2 Å². The van der Waals surface area contributed by atoms with E-state index in [-0.39, 0.29) is 41.6 Å². The Morgan fingerprint density at radius 1 is 1.00 bits per heavy atom. The maximum atomic E-state index is 14.4. The number of amides is 3. The first-order valence-corrected chi connectivity index (χ1v) is 12.9. The molecule has 0 spiro atoms. The van der Waals surface area contributed by atoms with E-state index in [4.69, 9.17) is 4.74 Å². The number of para-hydroxylation sites is 1. The summed E-state index contributed by atoms with van der Waals surface area (Å²) in [6.07, 6.45) is -4.57. The van der Waals surface area contributed by atoms with Gasteiger partial charge in [-0.2, -0.15) is 5.10 Å². The molecule has 3 aromatic rings. The Morgan fingerprint density at radius 3 is 2.32 bits per heavy atom. The second kappa shape index (κ2) is 11.7. The molecular formula is C28H31F4N5O4. The highest BCUT2D eigenvalue weighted by Crippen LogP contribution is 2.29. The van der Waals surface area contributed by atoms with Crippen molar-refractivity contribution in [2.75, 3.05) is 23.7 Å². The predicted molar refractivity (Wildman–Crippen MR) is 144 cm³/mol. The van der Waals surface area contributed by atoms with Crippen molar-refractivity contribution in [2.45, 2.75) is 51.5 Å². The van der Waals surface area contributed by atoms with Crippen LogP contribution in [0, 0.1) is 5.82 Å². The number of rotatable bonds is 6. The van der Waals surface area contributed by atoms with E-state index < -0.39 is 29.9 Å². The summed E-state index contributed by atoms with van der Waals surface area (Å²) < 4.78 is 64.1. The SMILES string of the molecule is Cn1nc(C(C)(C)C)cc1NC(=O)Nc1cc(F)cc(OC2CCN(C(=O)c3ccccc3OC(F)(F)F)CC2)c1. The van der Waals surface area contributed by atoms with Crippen LogP contribution in [0.1, 0.15) is 49.7 Å². The van der Waals surface area contributed by atoms with E-state index >= 15 is 0 Å². The van der Waals surface area contributed by atoms with Crippen molar-refractivity contribution >= 4 is 23.4 Å². The number of likely N-dealkylation sites (tertiary alicyclic amines) is 1. The number of carbonyl (C=O) groups is 2. The number of ether oxygens (including phenoxy) is 2. The van der Waals surface area contributed by atoms with Crippen molar-refractivity contribution in [2.24, 2.45) is 7.05 Å². The lowest BCUT2D eigenvalue weighted by molar-refractivity contribution is -0.274. The van der Waals surface area contributed by atoms with Crippen molar-refractivity contribution in [1.29, 1.82) is 0 Å². The zero-order valence-corrected chi connectivity index (χ0v) is 23.0. The summed E-state index contributed by atoms with van der Waals surface area (Å²) in [6.45, 7) is 6.44. The third-order valence-electron chi connectivity index (χ3n) is 6.39. The Kier molecular flexibility index (Phi) is 8.45. The van der Waals surface area contributed by atoms with Gasteiger partial charge in [0.2, 0.25) is 0 Å². The Hall–Kier alpha value is -4.29. The first kappa shape index (κ1) is 29.7. The number of anilines is 2. The van der Waals surface area contributed by atoms with Crippen LogP contribution in [0.5, 0.6) is 11.5 Å². The molecule has 2 aromatic carbocycles. The molecule has 9 nitrogen and oxygen atoms in total. The minimum atomic E-state index is -4.93. The molecule has 13 heteroatoms. The molecule has 0 bridgehead atoms. The zero-order valence-electron chi connectivity index (χ0n) is 23.0. The first-order chi connectivity index (χ1) is 19.2. The molecule has 0 atom stereocenters. The molecule has 1 aromatic heterocycles. The molecule has 2 heterocycles. The fourth-order valence-corrected chi connectivity index (χ4v) is 4.33. The average molecular weight is 578 g/mol. The van der Waals surface area contributed by atoms with E-state index in [1.807, 2.05) is 20.8 Å². The minimum Gasteiger partial charge on any atom is -0.490 e. The summed E-state index contributed by atoms with van der Waals surface area (Å²) >= 11 is 0. The largest absolute Gasteiger partial charge is 0.573 e. The number of aryl methyl sites for hydroxylation is 1. The number of hydrogen-bond donors (Lipinski definition) is 2. The fraction of sp³-hybridized carbons (Fsp3) is 0.393. The smallest absolute Gasteiger partial charge is 0.490 e. The van der Waals surface area contributed by atoms with Crippen LogP contribution < -0.4 is 20.1 Å². The van der Waals surface area contributed by atoms with Crippen molar-refractivity contribution in [1.82, 2.24) is 14.7 Å². The molecule has 2 N–H and O–H groups in total. The Balaban J connectivity index is 1.34. The van der Waals surface area contributed by atoms with E-state index in [1.165, 1.54) is 35.2 Å². The number of nitrogens with one attached hydrogen (secondary N) is 2. The molecular weight excluding hydrogens is 546 g/mol. The third-order valence-corrected chi connectivity index (χ3v) is 6.39. The van der Waals surface area contributed by atoms with Gasteiger partial charge in [-0.1, -0.05) is 32.9 Å². The number of alkyl halides is 3. The molecule has 0 aliphatic carbocycles. The Morgan fingerprint density at radius 2 is 1.68 bits per heavy atom. The van der Waals surface area contributed by atoms with Gasteiger partial charge < -0.3 is 19.7 Å². The molecule has 0 radical (unpaired) electrons. The van der Waals surface area contributed by atoms with Crippen LogP contribution in [-0.4, -0.2) is 52.2 Å². The second-order valence-electron chi connectivity index (χ2n) is 10.7. The van der Waals surface area contributed by atoms with Gasteiger partial charge in [0.25, 0.3) is 5.91 Å². The lowest BCUT2D eigenvalue weighted by Crippen LogP contribution is -2.42. The molecule has 0 unspecified atom stereocenters. The minimum absolute atomic E-state index is 0.171. The molecule has 1 aliphatic heterocycles. The average Bonchev–Trinajstić information content (AvgIpc) is 3.23. The van der Waals surface area contributed by atoms with Gasteiger partial charge in [-0.15, -0.1) is 13.2 Å². The summed E-state index contributed by atoms with van der Waals surface area (Å²) in [6, 6.07) is 10.2. The Labute approximate surface area is 234 Å². The van der Waals surface area contributed by atoms with E-state index in [9.17, 15) is 27.2 Å². The normalized spacial score (nSPS) is 14.5. The van der Waals surface area contributed by atoms with Crippen LogP contribution in [0.15, 0.2) is 48.5 Å². The van der Waals surface area contributed by atoms with Crippen molar-refractivity contribution < 1.29 is 36.6 Å². The number of aromatic nitrogens is 2. The van der Waals surface area contributed by atoms with E-state index in [2.05, 4.69) is 20.5 Å². The van der Waals surface area contributed by atoms with Crippen molar-refractivity contribution in [3.63, 3.8) is 0 Å². The van der Waals surface area contributed by atoms with Gasteiger partial charge in [-0.25, -0.2) is 9.18 Å². The van der Waals surface area contributed by atoms with E-state index in [1.54, 1.807) is 17.8 Å². The van der Waals surface area contributed by atoms with Crippen LogP contribution in [0.4, 0.5) is 33.9 Å². The summed E-state index contributed by atoms with van der Waals surface area (Å²) in [7, 11) is 1.70. The van der Waals surface area contributed by atoms with Gasteiger partial charge in [0.15, 0.2) is 0 Å². The zero-order chi connectivity index (χ0) is 29.9. The number of carbonyl (C=O) groups excluding carboxylic acids is 2. The highest BCUT2D eigenvalue weighted by molar-refractivity contribution is 5.99. The molecule has 1 saturated heterocycles. The number of urea groups is 1. The molecule has 220 valence electrons. The van der Waals surface area contributed by atoms with Gasteiger partial charge in [0.1, 0.15) is 29.2 Å². The van der Waals surface area contributed by atoms with E-state index in [0.29, 0.717) is 18.7 Å². The number of benzene rings is 2. The molecule has 1 fully saturated rings. The monoisotopic (exact) mass is 577 g/mol. The highest BCUT2D eigenvalue weighted by atomic mass is 19.4. The van der Waals surface area contributed by atoms with Gasteiger partial charge in [0, 0.05) is 62.3 Å². The lowest BCUT2D eigenvalue weighted by Gasteiger charge is -2.32. The Bertz CT molecular complexity index is 1410. The maximum absolute atomic E-state index is 14.4. The number of nitrogens with zero attached hydrogens (tertiary/aromatic N) is 3. The molecule has 4 rings (SSSR count). The van der Waals surface area contributed by atoms with Gasteiger partial charge in [0.05, 0.1) is 11.3 Å². The summed E-state index contributed by atoms with van der Waals surface area (Å²) in [5.74, 6) is -1.12. The summed E-state index contributed by atoms with van der Waals surface area (Å²) in [4.78, 5) is 26.9. The molecule has 1 aliphatic rings. The first-order valence-electron chi connectivity index (χ1n) is 12.9. The maximum Gasteiger partial charge on any atom is 0.573 e. The van der Waals surface area contributed by atoms with Crippen LogP contribution in [0.3, 0.4) is 0 Å². The van der Waals surface area contributed by atoms with Gasteiger partial charge >= 0.3 is 12.4 Å². The summed E-state index contributed by atoms with van der Waals surface area (Å²) in [5, 5.41) is 9.69. The topological polar surface area (TPSA) is 97.7 Å². The van der Waals surface area contributed by atoms with Crippen LogP contribution in [0.2, 0.25) is 0 Å². The second-order valence-corrected chi connectivity index (χ2v) is 10.7. The van der Waals surface area contributed by atoms with Crippen LogP contribution in [0.25, 0.3) is 0 Å². The number of hydrogen-bond acceptors (Lipinski definition) is 5. The lowest BCUT2D eigenvalue weighted by atomic mass is 9.92. The van der Waals surface area contributed by atoms with Crippen LogP contribution in [-0.2, 0) is 12.5 Å². The molecule has 3 amide bonds. The van der Waals surface area contributed by atoms with Crippen molar-refractivity contribution in [3.05, 3.63) is 65.6 Å². The fourth-order valence-electron chi connectivity index (χ4n) is 4.33. The van der Waals surface area contributed by atoms with E-state index in [0.717, 1.165) is 17.8 Å². The number of halogens is 4.